The Hall–Kier alpha value is -1.10. The van der Waals surface area contributed by atoms with E-state index in [1.165, 1.54) is 0 Å². The van der Waals surface area contributed by atoms with Crippen LogP contribution in [0.2, 0.25) is 0 Å². The summed E-state index contributed by atoms with van der Waals surface area (Å²) in [5.74, 6) is -1.12. The monoisotopic (exact) mass is 272 g/mol. The highest BCUT2D eigenvalue weighted by molar-refractivity contribution is 6.00. The number of hydrogen-bond donors (Lipinski definition) is 0. The Balaban J connectivity index is 3.03. The molecule has 0 aliphatic carbocycles. The van der Waals surface area contributed by atoms with Crippen molar-refractivity contribution in [1.29, 1.82) is 0 Å². The van der Waals surface area contributed by atoms with Gasteiger partial charge in [0.1, 0.15) is 0 Å². The van der Waals surface area contributed by atoms with Crippen LogP contribution in [-0.4, -0.2) is 38.4 Å². The average Bonchev–Trinajstić information content (AvgIpc) is 2.42. The lowest BCUT2D eigenvalue weighted by molar-refractivity contribution is -0.181. The van der Waals surface area contributed by atoms with Gasteiger partial charge >= 0.3 is 11.9 Å². The summed E-state index contributed by atoms with van der Waals surface area (Å²) in [4.78, 5) is 24.7. The van der Waals surface area contributed by atoms with Gasteiger partial charge in [-0.2, -0.15) is 0 Å². The summed E-state index contributed by atoms with van der Waals surface area (Å²) in [5.41, 5.74) is -1.22. The number of carbonyl (C=O) groups is 2. The van der Waals surface area contributed by atoms with E-state index in [0.717, 1.165) is 12.8 Å². The van der Waals surface area contributed by atoms with Crippen LogP contribution in [0.5, 0.6) is 0 Å². The maximum Gasteiger partial charge on any atom is 0.323 e. The van der Waals surface area contributed by atoms with Crippen molar-refractivity contribution in [1.82, 2.24) is 0 Å². The molecule has 1 heterocycles. The zero-order valence-corrected chi connectivity index (χ0v) is 12.1. The Bertz CT molecular complexity index is 289. The van der Waals surface area contributed by atoms with Crippen molar-refractivity contribution in [3.8, 4) is 0 Å². The number of esters is 2. The van der Waals surface area contributed by atoms with E-state index in [0.29, 0.717) is 19.6 Å². The van der Waals surface area contributed by atoms with Gasteiger partial charge in [-0.05, 0) is 33.1 Å². The molecule has 0 N–H and O–H groups in total. The largest absolute Gasteiger partial charge is 0.465 e. The fraction of sp³-hybridized carbons (Fsp3) is 0.857. The quantitative estimate of drug-likeness (QED) is 0.546. The summed E-state index contributed by atoms with van der Waals surface area (Å²) in [6.07, 6.45) is 2.01. The van der Waals surface area contributed by atoms with Crippen LogP contribution >= 0.6 is 0 Å². The van der Waals surface area contributed by atoms with E-state index < -0.39 is 17.4 Å². The van der Waals surface area contributed by atoms with Gasteiger partial charge in [0, 0.05) is 12.5 Å². The topological polar surface area (TPSA) is 61.8 Å². The van der Waals surface area contributed by atoms with Gasteiger partial charge in [0.05, 0.1) is 19.8 Å². The molecule has 110 valence electrons. The highest BCUT2D eigenvalue weighted by Crippen LogP contribution is 2.39. The van der Waals surface area contributed by atoms with Gasteiger partial charge in [0.25, 0.3) is 0 Å². The van der Waals surface area contributed by atoms with Crippen molar-refractivity contribution in [3.63, 3.8) is 0 Å². The first kappa shape index (κ1) is 16.0. The van der Waals surface area contributed by atoms with Crippen LogP contribution in [0.1, 0.15) is 40.0 Å². The molecular weight excluding hydrogens is 248 g/mol. The Morgan fingerprint density at radius 2 is 1.74 bits per heavy atom. The van der Waals surface area contributed by atoms with E-state index in [1.807, 2.05) is 6.92 Å². The highest BCUT2D eigenvalue weighted by atomic mass is 16.6. The zero-order valence-electron chi connectivity index (χ0n) is 12.1. The molecule has 0 aromatic heterocycles. The van der Waals surface area contributed by atoms with Crippen molar-refractivity contribution in [2.45, 2.75) is 40.0 Å². The first-order valence-corrected chi connectivity index (χ1v) is 7.05. The van der Waals surface area contributed by atoms with Crippen molar-refractivity contribution in [2.24, 2.45) is 11.3 Å². The molecule has 1 aliphatic heterocycles. The standard InChI is InChI=1S/C14H24O5/c1-4-14(12(15)18-5-2,13(16)19-6-3)11-8-7-9-17-10-11/h11H,4-10H2,1-3H3. The molecule has 5 nitrogen and oxygen atoms in total. The lowest BCUT2D eigenvalue weighted by Crippen LogP contribution is -2.50. The normalized spacial score (nSPS) is 19.8. The molecule has 1 aliphatic rings. The minimum absolute atomic E-state index is 0.163. The molecule has 0 aromatic rings. The molecule has 0 spiro atoms. The van der Waals surface area contributed by atoms with Crippen molar-refractivity contribution < 1.29 is 23.8 Å². The summed E-state index contributed by atoms with van der Waals surface area (Å²) >= 11 is 0. The van der Waals surface area contributed by atoms with Crippen LogP contribution in [0.25, 0.3) is 0 Å². The molecule has 1 rings (SSSR count). The van der Waals surface area contributed by atoms with Crippen molar-refractivity contribution in [2.75, 3.05) is 26.4 Å². The Morgan fingerprint density at radius 1 is 1.16 bits per heavy atom. The van der Waals surface area contributed by atoms with E-state index in [-0.39, 0.29) is 19.1 Å². The van der Waals surface area contributed by atoms with Crippen molar-refractivity contribution in [3.05, 3.63) is 0 Å². The van der Waals surface area contributed by atoms with Gasteiger partial charge < -0.3 is 14.2 Å². The number of hydrogen-bond acceptors (Lipinski definition) is 5. The minimum atomic E-state index is -1.22. The lowest BCUT2D eigenvalue weighted by Gasteiger charge is -2.37. The van der Waals surface area contributed by atoms with E-state index in [4.69, 9.17) is 14.2 Å². The van der Waals surface area contributed by atoms with Gasteiger partial charge in [0.15, 0.2) is 5.41 Å². The van der Waals surface area contributed by atoms with Crippen LogP contribution in [-0.2, 0) is 23.8 Å². The van der Waals surface area contributed by atoms with Gasteiger partial charge in [0.2, 0.25) is 0 Å². The molecule has 1 unspecified atom stereocenters. The van der Waals surface area contributed by atoms with Gasteiger partial charge in [-0.15, -0.1) is 0 Å². The third-order valence-corrected chi connectivity index (χ3v) is 3.69. The van der Waals surface area contributed by atoms with Crippen molar-refractivity contribution >= 4 is 11.9 Å². The second-order valence-corrected chi connectivity index (χ2v) is 4.68. The molecule has 5 heteroatoms. The van der Waals surface area contributed by atoms with Crippen LogP contribution in [0.15, 0.2) is 0 Å². The number of carbonyl (C=O) groups excluding carboxylic acids is 2. The molecule has 1 saturated heterocycles. The molecule has 0 radical (unpaired) electrons. The van der Waals surface area contributed by atoms with Crippen LogP contribution < -0.4 is 0 Å². The lowest BCUT2D eigenvalue weighted by atomic mass is 9.71. The Morgan fingerprint density at radius 3 is 2.11 bits per heavy atom. The Labute approximate surface area is 114 Å². The molecule has 1 fully saturated rings. The number of rotatable bonds is 6. The SMILES string of the molecule is CCOC(=O)C(CC)(C(=O)OCC)C1CCCOC1. The summed E-state index contributed by atoms with van der Waals surface area (Å²) in [6.45, 7) is 6.90. The second-order valence-electron chi connectivity index (χ2n) is 4.68. The summed E-state index contributed by atoms with van der Waals surface area (Å²) in [6, 6.07) is 0. The molecule has 0 aromatic carbocycles. The number of ether oxygens (including phenoxy) is 3. The molecule has 0 saturated carbocycles. The molecule has 1 atom stereocenters. The van der Waals surface area contributed by atoms with E-state index in [1.54, 1.807) is 13.8 Å². The third kappa shape index (κ3) is 3.26. The maximum atomic E-state index is 12.3. The van der Waals surface area contributed by atoms with Gasteiger partial charge in [-0.25, -0.2) is 0 Å². The van der Waals surface area contributed by atoms with E-state index in [9.17, 15) is 9.59 Å². The third-order valence-electron chi connectivity index (χ3n) is 3.69. The minimum Gasteiger partial charge on any atom is -0.465 e. The van der Waals surface area contributed by atoms with Crippen LogP contribution in [0.4, 0.5) is 0 Å². The second kappa shape index (κ2) is 7.48. The maximum absolute atomic E-state index is 12.3. The van der Waals surface area contributed by atoms with E-state index >= 15 is 0 Å². The molecule has 0 amide bonds. The smallest absolute Gasteiger partial charge is 0.323 e. The fourth-order valence-corrected chi connectivity index (χ4v) is 2.64. The first-order valence-electron chi connectivity index (χ1n) is 7.05. The van der Waals surface area contributed by atoms with Gasteiger partial charge in [-0.1, -0.05) is 6.92 Å². The predicted molar refractivity (Wildman–Crippen MR) is 69.5 cm³/mol. The predicted octanol–water partition coefficient (Wildman–Crippen LogP) is 1.94. The average molecular weight is 272 g/mol. The van der Waals surface area contributed by atoms with Crippen LogP contribution in [0, 0.1) is 11.3 Å². The Kier molecular flexibility index (Phi) is 6.28. The summed E-state index contributed by atoms with van der Waals surface area (Å²) in [7, 11) is 0. The fourth-order valence-electron chi connectivity index (χ4n) is 2.64. The molecular formula is C14H24O5. The first-order chi connectivity index (χ1) is 9.13. The molecule has 0 bridgehead atoms. The van der Waals surface area contributed by atoms with E-state index in [2.05, 4.69) is 0 Å². The molecule has 19 heavy (non-hydrogen) atoms. The highest BCUT2D eigenvalue weighted by Gasteiger charge is 2.53. The zero-order chi connectivity index (χ0) is 14.3. The van der Waals surface area contributed by atoms with Crippen LogP contribution in [0.3, 0.4) is 0 Å². The summed E-state index contributed by atoms with van der Waals surface area (Å²) in [5, 5.41) is 0. The van der Waals surface area contributed by atoms with Gasteiger partial charge in [-0.3, -0.25) is 9.59 Å². The summed E-state index contributed by atoms with van der Waals surface area (Å²) < 4.78 is 15.7.